The van der Waals surface area contributed by atoms with E-state index < -0.39 is 42.9 Å². The molecule has 0 aromatic rings. The van der Waals surface area contributed by atoms with E-state index in [0.29, 0.717) is 0 Å². The third-order valence-corrected chi connectivity index (χ3v) is 2.68. The van der Waals surface area contributed by atoms with Crippen LogP contribution in [0.4, 0.5) is 25.3 Å². The third kappa shape index (κ3) is 6.49. The summed E-state index contributed by atoms with van der Waals surface area (Å²) < 4.78 is 106. The number of hydrogen-bond acceptors (Lipinski definition) is 6. The fraction of sp³-hybridized carbons (Fsp3) is 0.500. The van der Waals surface area contributed by atoms with Crippen molar-refractivity contribution in [3.8, 4) is 0 Å². The van der Waals surface area contributed by atoms with E-state index in [9.17, 15) is 51.8 Å². The van der Waals surface area contributed by atoms with Crippen LogP contribution in [0.15, 0.2) is 0 Å². The van der Waals surface area contributed by atoms with Crippen LogP contribution < -0.4 is 0 Å². The summed E-state index contributed by atoms with van der Waals surface area (Å²) in [6.45, 7) is 0. The number of carbonyl (C=O) groups is 2. The second-order valence-corrected chi connectivity index (χ2v) is 5.30. The smallest absolute Gasteiger partial charge is 0.470 e. The van der Waals surface area contributed by atoms with Crippen molar-refractivity contribution in [2.75, 3.05) is 0 Å². The number of hydrogen-bond donors (Lipinski definition) is 2. The Hall–Kier alpha value is -1.06. The Labute approximate surface area is 122 Å². The predicted octanol–water partition coefficient (Wildman–Crippen LogP) is -0.0763. The summed E-state index contributed by atoms with van der Waals surface area (Å²) in [6, 6.07) is 0. The number of carboxylic acid groups (broad SMARTS) is 2. The maximum absolute atomic E-state index is 11.5. The summed E-state index contributed by atoms with van der Waals surface area (Å²) >= 11 is 0. The van der Waals surface area contributed by atoms with Crippen LogP contribution in [0, 0.1) is 0 Å². The van der Waals surface area contributed by atoms with Gasteiger partial charge in [0.05, 0.1) is 0 Å². The van der Waals surface area contributed by atoms with Crippen molar-refractivity contribution in [2.24, 2.45) is 0 Å². The quantitative estimate of drug-likeness (QED) is 0.366. The zero-order valence-electron chi connectivity index (χ0n) is 8.73. The summed E-state index contributed by atoms with van der Waals surface area (Å²) in [5, 5.41) is 4.13. The van der Waals surface area contributed by atoms with Gasteiger partial charge < -0.3 is 10.2 Å². The predicted molar refractivity (Wildman–Crippen MR) is 45.2 cm³/mol. The number of carboxylic acids is 2. The molecule has 0 unspecified atom stereocenters. The average Bonchev–Trinajstić information content (AvgIpc) is 2.14. The van der Waals surface area contributed by atoms with E-state index >= 15 is 0 Å². The second-order valence-electron chi connectivity index (χ2n) is 2.52. The molecule has 2 N–H and O–H groups in total. The zero-order valence-corrected chi connectivity index (χ0v) is 11.3. The molecule has 0 heterocycles. The summed E-state index contributed by atoms with van der Waals surface area (Å²) in [5.41, 5.74) is 0. The molecule has 0 aliphatic rings. The third-order valence-electron chi connectivity index (χ3n) is 1.11. The fourth-order valence-electron chi connectivity index (χ4n) is 0.209. The molecule has 8 nitrogen and oxygen atoms in total. The van der Waals surface area contributed by atoms with Crippen LogP contribution in [-0.2, 0) is 47.1 Å². The minimum absolute atomic E-state index is 0. The van der Waals surface area contributed by atoms with Crippen LogP contribution in [0.25, 0.3) is 0 Å². The molecule has 0 bridgehead atoms. The number of aliphatic carboxylic acids is 2. The minimum atomic E-state index is -6.33. The van der Waals surface area contributed by atoms with Crippen LogP contribution in [0.2, 0.25) is 0 Å². The van der Waals surface area contributed by atoms with Gasteiger partial charge in [0.2, 0.25) is 0 Å². The molecule has 0 fully saturated rings. The van der Waals surface area contributed by atoms with Gasteiger partial charge in [0, 0.05) is 17.1 Å². The van der Waals surface area contributed by atoms with E-state index in [1.165, 1.54) is 0 Å². The Morgan fingerprint density at radius 2 is 0.857 bits per heavy atom. The molecule has 0 aliphatic carbocycles. The molecule has 1 radical (unpaired) electrons. The maximum Gasteiger partial charge on any atom is 0.470 e. The Kier molecular flexibility index (Phi) is 8.64. The van der Waals surface area contributed by atoms with Crippen LogP contribution in [-0.4, -0.2) is 49.5 Å². The van der Waals surface area contributed by atoms with Crippen molar-refractivity contribution in [3.05, 3.63) is 0 Å². The molecule has 131 valence electrons. The molecule has 0 spiro atoms. The molecular formula is C4H2CuF6O8S2. The summed E-state index contributed by atoms with van der Waals surface area (Å²) in [4.78, 5) is 18.6. The van der Waals surface area contributed by atoms with Gasteiger partial charge in [-0.05, 0) is 0 Å². The first-order valence-electron chi connectivity index (χ1n) is 3.49. The van der Waals surface area contributed by atoms with Gasteiger partial charge in [0.1, 0.15) is 0 Å². The van der Waals surface area contributed by atoms with Gasteiger partial charge in [-0.3, -0.25) is 0 Å². The molecule has 0 saturated carbocycles. The van der Waals surface area contributed by atoms with E-state index in [1.54, 1.807) is 0 Å². The first kappa shape index (κ1) is 24.9. The molecule has 21 heavy (non-hydrogen) atoms. The zero-order chi connectivity index (χ0) is 17.2. The summed E-state index contributed by atoms with van der Waals surface area (Å²) in [6.07, 6.45) is 0. The van der Waals surface area contributed by atoms with Crippen molar-refractivity contribution >= 4 is 32.4 Å². The molecule has 0 aliphatic heterocycles. The van der Waals surface area contributed by atoms with E-state index in [-0.39, 0.29) is 17.1 Å². The largest absolute Gasteiger partial charge is 0.476 e. The van der Waals surface area contributed by atoms with Gasteiger partial charge in [-0.1, -0.05) is 7.77 Å². The molecule has 17 heteroatoms. The van der Waals surface area contributed by atoms with Gasteiger partial charge in [-0.25, -0.2) is 9.59 Å². The number of alkyl halides is 4. The Bertz CT molecular complexity index is 542. The molecular weight excluding hydrogens is 418 g/mol. The standard InChI is InChI=1S/2C2HF3O4S.Cu/c2*3-2(4,1(6)7)10(5,8)9;/h2*(H,6,7);. The fourth-order valence-corrected chi connectivity index (χ4v) is 0.626. The molecule has 0 amide bonds. The average molecular weight is 420 g/mol. The van der Waals surface area contributed by atoms with Crippen LogP contribution in [0.5, 0.6) is 0 Å². The SMILES string of the molecule is O=C(O)C(F)(F)S(=O)(=O)F.O=C(O)C(F)(F)S(=O)(=O)F.[Cu]. The Morgan fingerprint density at radius 1 is 0.714 bits per heavy atom. The number of rotatable bonds is 4. The molecule has 0 aromatic carbocycles. The number of halogens is 6. The summed E-state index contributed by atoms with van der Waals surface area (Å²) in [7, 11) is -12.7. The van der Waals surface area contributed by atoms with Crippen LogP contribution in [0.1, 0.15) is 0 Å². The van der Waals surface area contributed by atoms with Crippen molar-refractivity contribution in [3.63, 3.8) is 0 Å². The van der Waals surface area contributed by atoms with Crippen molar-refractivity contribution in [1.82, 2.24) is 0 Å². The minimum Gasteiger partial charge on any atom is -0.476 e. The van der Waals surface area contributed by atoms with Crippen molar-refractivity contribution in [2.45, 2.75) is 10.5 Å². The van der Waals surface area contributed by atoms with E-state index in [0.717, 1.165) is 0 Å². The van der Waals surface area contributed by atoms with Crippen molar-refractivity contribution < 1.29 is 79.0 Å². The van der Waals surface area contributed by atoms with Gasteiger partial charge in [0.25, 0.3) is 0 Å². The summed E-state index contributed by atoms with van der Waals surface area (Å²) in [5.74, 6) is -6.06. The Morgan fingerprint density at radius 3 is 0.857 bits per heavy atom. The molecule has 0 atom stereocenters. The molecule has 0 aromatic heterocycles. The van der Waals surface area contributed by atoms with Gasteiger partial charge in [-0.15, -0.1) is 0 Å². The van der Waals surface area contributed by atoms with Crippen LogP contribution >= 0.6 is 0 Å². The van der Waals surface area contributed by atoms with E-state index in [1.807, 2.05) is 0 Å². The van der Waals surface area contributed by atoms with Crippen LogP contribution in [0.3, 0.4) is 0 Å². The normalized spacial score (nSPS) is 12.5. The maximum atomic E-state index is 11.5. The van der Waals surface area contributed by atoms with E-state index in [4.69, 9.17) is 10.2 Å². The molecule has 0 rings (SSSR count). The van der Waals surface area contributed by atoms with Gasteiger partial charge >= 0.3 is 42.9 Å². The van der Waals surface area contributed by atoms with E-state index in [2.05, 4.69) is 0 Å². The topological polar surface area (TPSA) is 143 Å². The van der Waals surface area contributed by atoms with Crippen molar-refractivity contribution in [1.29, 1.82) is 0 Å². The second kappa shape index (κ2) is 7.28. The Balaban J connectivity index is -0.000000295. The van der Waals surface area contributed by atoms with Gasteiger partial charge in [-0.2, -0.15) is 34.4 Å². The van der Waals surface area contributed by atoms with Gasteiger partial charge in [0.15, 0.2) is 0 Å². The first-order valence-corrected chi connectivity index (χ1v) is 6.26. The first-order chi connectivity index (χ1) is 8.39. The molecule has 0 saturated heterocycles. The monoisotopic (exact) mass is 419 g/mol.